The number of hydrogen-bond donors (Lipinski definition) is 3. The number of anilines is 2. The van der Waals surface area contributed by atoms with Gasteiger partial charge in [0.1, 0.15) is 11.6 Å². The number of alkyl halides is 3. The maximum Gasteiger partial charge on any atom is 0.418 e. The second-order valence-corrected chi connectivity index (χ2v) is 10.8. The number of carbonyl (C=O) groups is 1. The molecule has 194 valence electrons. The molecule has 0 saturated heterocycles. The lowest BCUT2D eigenvalue weighted by atomic mass is 10.0. The highest BCUT2D eigenvalue weighted by Gasteiger charge is 2.61. The van der Waals surface area contributed by atoms with Gasteiger partial charge in [-0.15, -0.1) is 0 Å². The molecule has 3 N–H and O–H groups in total. The van der Waals surface area contributed by atoms with E-state index in [0.717, 1.165) is 22.1 Å². The fourth-order valence-corrected chi connectivity index (χ4v) is 6.86. The highest BCUT2D eigenvalue weighted by Crippen LogP contribution is 2.62. The van der Waals surface area contributed by atoms with Gasteiger partial charge in [-0.2, -0.15) is 13.2 Å². The number of methoxy groups -OCH3 is 1. The molecule has 0 saturated carbocycles. The lowest BCUT2D eigenvalue weighted by Crippen LogP contribution is -2.51. The Kier molecular flexibility index (Phi) is 5.62. The number of aryl methyl sites for hydroxylation is 1. The van der Waals surface area contributed by atoms with Crippen LogP contribution >= 0.6 is 24.0 Å². The average molecular weight is 555 g/mol. The zero-order valence-corrected chi connectivity index (χ0v) is 21.8. The Morgan fingerprint density at radius 2 is 1.74 bits per heavy atom. The molecule has 11 heteroatoms. The van der Waals surface area contributed by atoms with Crippen molar-refractivity contribution in [3.8, 4) is 5.75 Å². The van der Waals surface area contributed by atoms with E-state index >= 15 is 0 Å². The number of thioether (sulfide) groups is 1. The van der Waals surface area contributed by atoms with E-state index in [2.05, 4.69) is 16.0 Å². The van der Waals surface area contributed by atoms with Crippen LogP contribution in [0.2, 0.25) is 0 Å². The summed E-state index contributed by atoms with van der Waals surface area (Å²) in [7, 11) is 1.54. The number of benzene rings is 3. The number of para-hydroxylation sites is 1. The van der Waals surface area contributed by atoms with Gasteiger partial charge >= 0.3 is 6.18 Å². The van der Waals surface area contributed by atoms with Crippen LogP contribution in [0.1, 0.15) is 28.3 Å². The van der Waals surface area contributed by atoms with Crippen LogP contribution < -0.4 is 25.6 Å². The Balaban J connectivity index is 1.59. The summed E-state index contributed by atoms with van der Waals surface area (Å²) >= 11 is 6.76. The highest BCUT2D eigenvalue weighted by atomic mass is 32.2. The van der Waals surface area contributed by atoms with Crippen molar-refractivity contribution >= 4 is 46.4 Å². The Morgan fingerprint density at radius 3 is 2.39 bits per heavy atom. The summed E-state index contributed by atoms with van der Waals surface area (Å²) in [6.45, 7) is 1.98. The van der Waals surface area contributed by atoms with Crippen molar-refractivity contribution in [3.63, 3.8) is 0 Å². The third-order valence-electron chi connectivity index (χ3n) is 6.82. The van der Waals surface area contributed by atoms with Gasteiger partial charge in [-0.1, -0.05) is 53.7 Å². The fourth-order valence-electron chi connectivity index (χ4n) is 5.06. The first kappa shape index (κ1) is 24.6. The second kappa shape index (κ2) is 8.67. The number of ether oxygens (including phenoxy) is 1. The quantitative estimate of drug-likeness (QED) is 0.356. The van der Waals surface area contributed by atoms with Crippen molar-refractivity contribution in [1.82, 2.24) is 10.6 Å². The van der Waals surface area contributed by atoms with E-state index in [9.17, 15) is 18.0 Å². The number of nitrogens with one attached hydrogen (secondary N) is 3. The Hall–Kier alpha value is -3.70. The van der Waals surface area contributed by atoms with Crippen LogP contribution in [0.4, 0.5) is 24.5 Å². The molecule has 0 radical (unpaired) electrons. The molecule has 3 heterocycles. The van der Waals surface area contributed by atoms with Crippen molar-refractivity contribution in [3.05, 3.63) is 99.7 Å². The number of halogens is 3. The predicted octanol–water partition coefficient (Wildman–Crippen LogP) is 5.77. The monoisotopic (exact) mass is 554 g/mol. The summed E-state index contributed by atoms with van der Waals surface area (Å²) in [5, 5.41) is 9.36. The minimum Gasteiger partial charge on any atom is -0.497 e. The zero-order valence-electron chi connectivity index (χ0n) is 20.1. The number of carbonyl (C=O) groups excluding carboxylic acids is 1. The van der Waals surface area contributed by atoms with E-state index in [0.29, 0.717) is 22.4 Å². The van der Waals surface area contributed by atoms with Gasteiger partial charge in [-0.25, -0.2) is 0 Å². The topological polar surface area (TPSA) is 65.6 Å². The summed E-state index contributed by atoms with van der Waals surface area (Å²) in [6.07, 6.45) is -4.64. The molecule has 0 aliphatic carbocycles. The number of fused-ring (bicyclic) bond motifs is 2. The minimum atomic E-state index is -4.64. The summed E-state index contributed by atoms with van der Waals surface area (Å²) in [4.78, 5) is 14.8. The van der Waals surface area contributed by atoms with Crippen molar-refractivity contribution in [2.24, 2.45) is 0 Å². The number of rotatable bonds is 3. The normalized spacial score (nSPS) is 22.1. The maximum atomic E-state index is 14.0. The van der Waals surface area contributed by atoms with Gasteiger partial charge < -0.3 is 20.7 Å². The maximum absolute atomic E-state index is 14.0. The molecule has 1 spiro atoms. The molecule has 2 atom stereocenters. The van der Waals surface area contributed by atoms with Gasteiger partial charge in [0, 0.05) is 11.3 Å². The van der Waals surface area contributed by atoms with Gasteiger partial charge in [0.25, 0.3) is 5.91 Å². The standard InChI is InChI=1S/C27H21F3N4O2S2/c1-14-6-8-15(9-7-14)20-22-23(33-25(37)32-20)34(16-10-12-17(36-2)13-11-16)26(38-22)18-4-3-5-19(27(28,29)30)21(18)31-24(26)35/h3-13,20H,1-2H3,(H,31,35)(H2,32,33,37). The first-order valence-corrected chi connectivity index (χ1v) is 12.9. The Labute approximate surface area is 226 Å². The summed E-state index contributed by atoms with van der Waals surface area (Å²) in [6, 6.07) is 18.4. The molecule has 38 heavy (non-hydrogen) atoms. The van der Waals surface area contributed by atoms with Gasteiger partial charge in [0.15, 0.2) is 5.11 Å². The molecule has 1 amide bonds. The zero-order chi connectivity index (χ0) is 26.8. The fraction of sp³-hybridized carbons (Fsp3) is 0.185. The highest BCUT2D eigenvalue weighted by molar-refractivity contribution is 8.05. The molecule has 3 aromatic carbocycles. The molecule has 6 rings (SSSR count). The SMILES string of the molecule is COc1ccc(N2C3=C(SC24C(=O)Nc2c(C(F)(F)F)cccc24)C(c2ccc(C)cc2)NC(=S)N3)cc1. The molecular weight excluding hydrogens is 533 g/mol. The van der Waals surface area contributed by atoms with E-state index in [1.807, 2.05) is 31.2 Å². The van der Waals surface area contributed by atoms with Crippen LogP contribution in [0.25, 0.3) is 0 Å². The van der Waals surface area contributed by atoms with Crippen LogP contribution in [0.3, 0.4) is 0 Å². The van der Waals surface area contributed by atoms with Gasteiger partial charge in [-0.05, 0) is 55.0 Å². The van der Waals surface area contributed by atoms with Crippen molar-refractivity contribution < 1.29 is 22.7 Å². The number of nitrogens with zero attached hydrogens (tertiary/aromatic N) is 1. The van der Waals surface area contributed by atoms with Crippen LogP contribution in [-0.2, 0) is 15.8 Å². The van der Waals surface area contributed by atoms with E-state index in [1.165, 1.54) is 17.8 Å². The second-order valence-electron chi connectivity index (χ2n) is 9.11. The average Bonchev–Trinajstić information content (AvgIpc) is 3.38. The summed E-state index contributed by atoms with van der Waals surface area (Å²) in [5.41, 5.74) is 1.68. The number of thiocarbonyl (C=S) groups is 1. The first-order valence-electron chi connectivity index (χ1n) is 11.7. The van der Waals surface area contributed by atoms with E-state index in [1.54, 1.807) is 42.3 Å². The molecule has 3 aliphatic rings. The smallest absolute Gasteiger partial charge is 0.418 e. The molecule has 3 aliphatic heterocycles. The van der Waals surface area contributed by atoms with E-state index < -0.39 is 28.6 Å². The number of hydrogen-bond acceptors (Lipinski definition) is 5. The van der Waals surface area contributed by atoms with Gasteiger partial charge in [0.2, 0.25) is 4.87 Å². The third-order valence-corrected chi connectivity index (χ3v) is 8.57. The molecule has 3 aromatic rings. The molecule has 0 bridgehead atoms. The van der Waals surface area contributed by atoms with Crippen LogP contribution in [0.15, 0.2) is 77.5 Å². The lowest BCUT2D eigenvalue weighted by Gasteiger charge is -2.36. The minimum absolute atomic E-state index is 0.225. The van der Waals surface area contributed by atoms with Crippen molar-refractivity contribution in [2.45, 2.75) is 24.0 Å². The first-order chi connectivity index (χ1) is 18.1. The van der Waals surface area contributed by atoms with Gasteiger partial charge in [0.05, 0.1) is 29.3 Å². The Morgan fingerprint density at radius 1 is 1.03 bits per heavy atom. The van der Waals surface area contributed by atoms with Crippen molar-refractivity contribution in [2.75, 3.05) is 17.3 Å². The van der Waals surface area contributed by atoms with E-state index in [-0.39, 0.29) is 11.3 Å². The summed E-state index contributed by atoms with van der Waals surface area (Å²) in [5.74, 6) is 0.565. The molecule has 0 fully saturated rings. The van der Waals surface area contributed by atoms with Crippen LogP contribution in [0.5, 0.6) is 5.75 Å². The predicted molar refractivity (Wildman–Crippen MR) is 145 cm³/mol. The lowest BCUT2D eigenvalue weighted by molar-refractivity contribution is -0.136. The molecular formula is C27H21F3N4O2S2. The largest absolute Gasteiger partial charge is 0.497 e. The van der Waals surface area contributed by atoms with Crippen molar-refractivity contribution in [1.29, 1.82) is 0 Å². The van der Waals surface area contributed by atoms with Crippen LogP contribution in [-0.4, -0.2) is 18.1 Å². The Bertz CT molecular complexity index is 1510. The van der Waals surface area contributed by atoms with Crippen LogP contribution in [0, 0.1) is 6.92 Å². The number of amides is 1. The molecule has 0 aromatic heterocycles. The van der Waals surface area contributed by atoms with E-state index in [4.69, 9.17) is 17.0 Å². The van der Waals surface area contributed by atoms with Gasteiger partial charge in [-0.3, -0.25) is 9.69 Å². The summed E-state index contributed by atoms with van der Waals surface area (Å²) < 4.78 is 47.2. The molecule has 6 nitrogen and oxygen atoms in total. The third kappa shape index (κ3) is 3.64. The molecule has 2 unspecified atom stereocenters.